The van der Waals surface area contributed by atoms with E-state index in [-0.39, 0.29) is 6.04 Å². The van der Waals surface area contributed by atoms with Gasteiger partial charge in [0.15, 0.2) is 0 Å². The fourth-order valence-electron chi connectivity index (χ4n) is 2.03. The van der Waals surface area contributed by atoms with E-state index in [4.69, 9.17) is 5.73 Å². The van der Waals surface area contributed by atoms with Gasteiger partial charge in [-0.15, -0.1) is 0 Å². The summed E-state index contributed by atoms with van der Waals surface area (Å²) in [5.74, 6) is 1.54. The second-order valence-corrected chi connectivity index (χ2v) is 4.91. The Hall–Kier alpha value is -0.340. The number of hydrogen-bond acceptors (Lipinski definition) is 2. The quantitative estimate of drug-likeness (QED) is 0.787. The van der Waals surface area contributed by atoms with Crippen molar-refractivity contribution in [2.24, 2.45) is 17.6 Å². The zero-order chi connectivity index (χ0) is 9.26. The molecule has 1 aromatic rings. The highest BCUT2D eigenvalue weighted by Gasteiger charge is 2.28. The molecule has 0 aromatic carbocycles. The van der Waals surface area contributed by atoms with E-state index in [0.29, 0.717) is 5.92 Å². The third-order valence-electron chi connectivity index (χ3n) is 3.39. The molecule has 1 saturated carbocycles. The predicted octanol–water partition coefficient (Wildman–Crippen LogP) is 3.18. The summed E-state index contributed by atoms with van der Waals surface area (Å²) < 4.78 is 0. The summed E-state index contributed by atoms with van der Waals surface area (Å²) in [5, 5.41) is 4.29. The van der Waals surface area contributed by atoms with Crippen LogP contribution in [-0.2, 0) is 0 Å². The SMILES string of the molecule is CC(C1CCC1)C(N)c1ccsc1. The van der Waals surface area contributed by atoms with Gasteiger partial charge in [-0.05, 0) is 34.2 Å². The summed E-state index contributed by atoms with van der Waals surface area (Å²) in [6, 6.07) is 2.42. The fraction of sp³-hybridized carbons (Fsp3) is 0.636. The Kier molecular flexibility index (Phi) is 2.70. The second-order valence-electron chi connectivity index (χ2n) is 4.13. The molecule has 1 fully saturated rings. The third-order valence-corrected chi connectivity index (χ3v) is 4.09. The van der Waals surface area contributed by atoms with Gasteiger partial charge in [-0.3, -0.25) is 0 Å². The molecule has 0 spiro atoms. The van der Waals surface area contributed by atoms with Crippen LogP contribution in [0.4, 0.5) is 0 Å². The van der Waals surface area contributed by atoms with Crippen molar-refractivity contribution in [2.75, 3.05) is 0 Å². The van der Waals surface area contributed by atoms with Crippen LogP contribution < -0.4 is 5.73 Å². The van der Waals surface area contributed by atoms with Crippen molar-refractivity contribution in [3.8, 4) is 0 Å². The normalized spacial score (nSPS) is 22.3. The first-order valence-corrected chi connectivity index (χ1v) is 6.01. The highest BCUT2D eigenvalue weighted by Crippen LogP contribution is 2.38. The van der Waals surface area contributed by atoms with Gasteiger partial charge in [-0.2, -0.15) is 11.3 Å². The molecule has 72 valence electrons. The van der Waals surface area contributed by atoms with Gasteiger partial charge in [0.05, 0.1) is 0 Å². The molecule has 2 heteroatoms. The van der Waals surface area contributed by atoms with E-state index in [1.54, 1.807) is 11.3 Å². The zero-order valence-electron chi connectivity index (χ0n) is 8.07. The monoisotopic (exact) mass is 195 g/mol. The van der Waals surface area contributed by atoms with Crippen LogP contribution in [0.15, 0.2) is 16.8 Å². The molecule has 0 bridgehead atoms. The lowest BCUT2D eigenvalue weighted by Gasteiger charge is -2.34. The molecule has 1 aliphatic carbocycles. The predicted molar refractivity (Wildman–Crippen MR) is 57.8 cm³/mol. The van der Waals surface area contributed by atoms with Crippen LogP contribution in [0.25, 0.3) is 0 Å². The van der Waals surface area contributed by atoms with Crippen molar-refractivity contribution in [3.63, 3.8) is 0 Å². The minimum absolute atomic E-state index is 0.261. The molecule has 1 heterocycles. The minimum atomic E-state index is 0.261. The Morgan fingerprint density at radius 3 is 2.77 bits per heavy atom. The Bertz CT molecular complexity index is 251. The summed E-state index contributed by atoms with van der Waals surface area (Å²) in [7, 11) is 0. The largest absolute Gasteiger partial charge is 0.324 e. The first-order chi connectivity index (χ1) is 6.29. The molecule has 0 radical (unpaired) electrons. The van der Waals surface area contributed by atoms with E-state index in [2.05, 4.69) is 23.8 Å². The van der Waals surface area contributed by atoms with Crippen LogP contribution in [0.5, 0.6) is 0 Å². The molecule has 2 N–H and O–H groups in total. The number of rotatable bonds is 3. The Balaban J connectivity index is 1.99. The molecular weight excluding hydrogens is 178 g/mol. The van der Waals surface area contributed by atoms with Crippen LogP contribution in [0.1, 0.15) is 37.8 Å². The van der Waals surface area contributed by atoms with Crippen molar-refractivity contribution in [1.82, 2.24) is 0 Å². The average molecular weight is 195 g/mol. The second kappa shape index (κ2) is 3.81. The lowest BCUT2D eigenvalue weighted by Crippen LogP contribution is -2.29. The van der Waals surface area contributed by atoms with Crippen molar-refractivity contribution >= 4 is 11.3 Å². The molecule has 2 atom stereocenters. The van der Waals surface area contributed by atoms with Gasteiger partial charge < -0.3 is 5.73 Å². The molecule has 2 unspecified atom stereocenters. The van der Waals surface area contributed by atoms with Gasteiger partial charge in [-0.25, -0.2) is 0 Å². The maximum Gasteiger partial charge on any atom is 0.0331 e. The van der Waals surface area contributed by atoms with Crippen LogP contribution in [-0.4, -0.2) is 0 Å². The van der Waals surface area contributed by atoms with E-state index in [0.717, 1.165) is 5.92 Å². The van der Waals surface area contributed by atoms with E-state index < -0.39 is 0 Å². The topological polar surface area (TPSA) is 26.0 Å². The molecule has 1 aromatic heterocycles. The highest BCUT2D eigenvalue weighted by atomic mass is 32.1. The molecule has 2 rings (SSSR count). The maximum absolute atomic E-state index is 6.20. The fourth-order valence-corrected chi connectivity index (χ4v) is 2.73. The highest BCUT2D eigenvalue weighted by molar-refractivity contribution is 7.07. The molecule has 0 aliphatic heterocycles. The minimum Gasteiger partial charge on any atom is -0.324 e. The lowest BCUT2D eigenvalue weighted by molar-refractivity contribution is 0.193. The first kappa shape index (κ1) is 9.22. The van der Waals surface area contributed by atoms with E-state index >= 15 is 0 Å². The summed E-state index contributed by atoms with van der Waals surface area (Å²) in [5.41, 5.74) is 7.52. The first-order valence-electron chi connectivity index (χ1n) is 5.06. The van der Waals surface area contributed by atoms with Gasteiger partial charge in [0, 0.05) is 6.04 Å². The Morgan fingerprint density at radius 1 is 1.54 bits per heavy atom. The summed E-state index contributed by atoms with van der Waals surface area (Å²) in [6.07, 6.45) is 4.18. The molecule has 1 aliphatic rings. The van der Waals surface area contributed by atoms with Gasteiger partial charge in [0.25, 0.3) is 0 Å². The average Bonchev–Trinajstić information content (AvgIpc) is 2.51. The molecule has 1 nitrogen and oxygen atoms in total. The summed E-state index contributed by atoms with van der Waals surface area (Å²) >= 11 is 1.74. The smallest absolute Gasteiger partial charge is 0.0331 e. The maximum atomic E-state index is 6.20. The van der Waals surface area contributed by atoms with E-state index in [1.807, 2.05) is 0 Å². The Morgan fingerprint density at radius 2 is 2.31 bits per heavy atom. The van der Waals surface area contributed by atoms with E-state index in [1.165, 1.54) is 24.8 Å². The van der Waals surface area contributed by atoms with E-state index in [9.17, 15) is 0 Å². The number of hydrogen-bond donors (Lipinski definition) is 1. The molecule has 0 amide bonds. The van der Waals surface area contributed by atoms with Crippen LogP contribution >= 0.6 is 11.3 Å². The van der Waals surface area contributed by atoms with Crippen molar-refractivity contribution in [2.45, 2.75) is 32.2 Å². The van der Waals surface area contributed by atoms with Crippen molar-refractivity contribution in [3.05, 3.63) is 22.4 Å². The third kappa shape index (κ3) is 1.79. The van der Waals surface area contributed by atoms with Crippen LogP contribution in [0, 0.1) is 11.8 Å². The van der Waals surface area contributed by atoms with Gasteiger partial charge in [-0.1, -0.05) is 26.2 Å². The molecule has 13 heavy (non-hydrogen) atoms. The van der Waals surface area contributed by atoms with Crippen LogP contribution in [0.2, 0.25) is 0 Å². The molecular formula is C11H17NS. The molecule has 0 saturated heterocycles. The van der Waals surface area contributed by atoms with Gasteiger partial charge in [0.2, 0.25) is 0 Å². The van der Waals surface area contributed by atoms with Crippen LogP contribution in [0.3, 0.4) is 0 Å². The van der Waals surface area contributed by atoms with Crippen molar-refractivity contribution in [1.29, 1.82) is 0 Å². The zero-order valence-corrected chi connectivity index (χ0v) is 8.89. The summed E-state index contributed by atoms with van der Waals surface area (Å²) in [6.45, 7) is 2.30. The summed E-state index contributed by atoms with van der Waals surface area (Å²) in [4.78, 5) is 0. The standard InChI is InChI=1S/C11H17NS/c1-8(9-3-2-4-9)11(12)10-5-6-13-7-10/h5-9,11H,2-4,12H2,1H3. The number of thiophene rings is 1. The Labute approximate surface area is 84.0 Å². The number of nitrogens with two attached hydrogens (primary N) is 1. The van der Waals surface area contributed by atoms with Crippen molar-refractivity contribution < 1.29 is 0 Å². The lowest BCUT2D eigenvalue weighted by atomic mass is 9.73. The van der Waals surface area contributed by atoms with Gasteiger partial charge >= 0.3 is 0 Å². The van der Waals surface area contributed by atoms with Gasteiger partial charge in [0.1, 0.15) is 0 Å².